The number of halogens is 1. The van der Waals surface area contributed by atoms with Crippen LogP contribution in [0.15, 0.2) is 24.3 Å². The van der Waals surface area contributed by atoms with Crippen molar-refractivity contribution in [2.75, 3.05) is 18.0 Å². The number of hydrogen-bond donors (Lipinski definition) is 3. The van der Waals surface area contributed by atoms with Crippen molar-refractivity contribution in [1.29, 1.82) is 0 Å². The van der Waals surface area contributed by atoms with E-state index < -0.39 is 0 Å². The Morgan fingerprint density at radius 2 is 1.82 bits per heavy atom. The first-order valence-corrected chi connectivity index (χ1v) is 5.22. The number of aromatic nitrogens is 2. The van der Waals surface area contributed by atoms with Crippen LogP contribution in [0.1, 0.15) is 5.56 Å². The Hall–Kier alpha value is -2.08. The van der Waals surface area contributed by atoms with Gasteiger partial charge in [-0.1, -0.05) is 0 Å². The van der Waals surface area contributed by atoms with Crippen molar-refractivity contribution in [3.05, 3.63) is 35.6 Å². The van der Waals surface area contributed by atoms with Crippen LogP contribution in [-0.4, -0.2) is 16.3 Å². The van der Waals surface area contributed by atoms with Gasteiger partial charge in [-0.2, -0.15) is 0 Å². The van der Waals surface area contributed by atoms with Gasteiger partial charge in [-0.15, -0.1) is 5.10 Å². The Morgan fingerprint density at radius 3 is 2.41 bits per heavy atom. The maximum atomic E-state index is 12.8. The van der Waals surface area contributed by atoms with Crippen LogP contribution in [0.25, 0.3) is 5.69 Å². The van der Waals surface area contributed by atoms with Crippen molar-refractivity contribution < 1.29 is 4.39 Å². The van der Waals surface area contributed by atoms with Crippen molar-refractivity contribution in [2.24, 2.45) is 5.73 Å². The molecule has 0 saturated heterocycles. The molecular weight excluding hydrogens is 221 g/mol. The van der Waals surface area contributed by atoms with E-state index in [-0.39, 0.29) is 5.82 Å². The number of hydrogen-bond acceptors (Lipinski definition) is 4. The molecule has 0 radical (unpaired) electrons. The van der Waals surface area contributed by atoms with E-state index in [1.165, 1.54) is 16.8 Å². The van der Waals surface area contributed by atoms with E-state index in [0.29, 0.717) is 30.3 Å². The lowest BCUT2D eigenvalue weighted by Crippen LogP contribution is -2.07. The summed E-state index contributed by atoms with van der Waals surface area (Å²) >= 11 is 0. The molecule has 17 heavy (non-hydrogen) atoms. The van der Waals surface area contributed by atoms with Gasteiger partial charge in [0, 0.05) is 5.56 Å². The van der Waals surface area contributed by atoms with Gasteiger partial charge in [0.2, 0.25) is 0 Å². The molecule has 90 valence electrons. The minimum absolute atomic E-state index is 0.311. The van der Waals surface area contributed by atoms with Crippen LogP contribution < -0.4 is 17.2 Å². The molecule has 0 aliphatic carbocycles. The predicted octanol–water partition coefficient (Wildman–Crippen LogP) is 0.677. The number of nitrogens with zero attached hydrogens (tertiary/aromatic N) is 2. The molecule has 0 spiro atoms. The fourth-order valence-corrected chi connectivity index (χ4v) is 1.66. The molecule has 0 unspecified atom stereocenters. The zero-order chi connectivity index (χ0) is 12.4. The Balaban J connectivity index is 2.46. The summed E-state index contributed by atoms with van der Waals surface area (Å²) in [5.74, 6) is 0.492. The predicted molar refractivity (Wildman–Crippen MR) is 65.1 cm³/mol. The van der Waals surface area contributed by atoms with E-state index in [0.717, 1.165) is 5.56 Å². The normalized spacial score (nSPS) is 10.7. The van der Waals surface area contributed by atoms with E-state index in [1.807, 2.05) is 0 Å². The van der Waals surface area contributed by atoms with Gasteiger partial charge >= 0.3 is 0 Å². The summed E-state index contributed by atoms with van der Waals surface area (Å²) in [5.41, 5.74) is 18.6. The summed E-state index contributed by atoms with van der Waals surface area (Å²) in [6, 6.07) is 5.86. The molecule has 0 aliphatic heterocycles. The molecule has 0 aliphatic rings. The van der Waals surface area contributed by atoms with Crippen LogP contribution in [0.5, 0.6) is 0 Å². The van der Waals surface area contributed by atoms with Crippen LogP contribution in [-0.2, 0) is 6.42 Å². The van der Waals surface area contributed by atoms with Gasteiger partial charge in [0.15, 0.2) is 5.82 Å². The summed E-state index contributed by atoms with van der Waals surface area (Å²) < 4.78 is 14.3. The molecule has 0 saturated carbocycles. The highest BCUT2D eigenvalue weighted by Crippen LogP contribution is 2.23. The maximum Gasteiger partial charge on any atom is 0.151 e. The number of nitrogen functional groups attached to an aromatic ring is 2. The van der Waals surface area contributed by atoms with Crippen LogP contribution >= 0.6 is 0 Å². The van der Waals surface area contributed by atoms with E-state index in [1.54, 1.807) is 12.1 Å². The average molecular weight is 235 g/mol. The summed E-state index contributed by atoms with van der Waals surface area (Å²) in [6.45, 7) is 0.448. The lowest BCUT2D eigenvalue weighted by Gasteiger charge is -2.04. The van der Waals surface area contributed by atoms with E-state index in [9.17, 15) is 4.39 Å². The van der Waals surface area contributed by atoms with Crippen LogP contribution in [0, 0.1) is 5.82 Å². The number of rotatable bonds is 3. The first-order chi connectivity index (χ1) is 8.13. The SMILES string of the molecule is NCCc1c(N)nn(-c2ccc(F)cc2)c1N. The molecular formula is C11H14FN5. The molecule has 0 fully saturated rings. The lowest BCUT2D eigenvalue weighted by molar-refractivity contribution is 0.627. The maximum absolute atomic E-state index is 12.8. The minimum Gasteiger partial charge on any atom is -0.383 e. The average Bonchev–Trinajstić information content (AvgIpc) is 2.59. The molecule has 0 bridgehead atoms. The topological polar surface area (TPSA) is 95.9 Å². The third-order valence-electron chi connectivity index (χ3n) is 2.52. The van der Waals surface area contributed by atoms with Gasteiger partial charge in [0.25, 0.3) is 0 Å². The van der Waals surface area contributed by atoms with Gasteiger partial charge in [-0.05, 0) is 37.2 Å². The molecule has 1 heterocycles. The van der Waals surface area contributed by atoms with Gasteiger partial charge < -0.3 is 17.2 Å². The van der Waals surface area contributed by atoms with Crippen molar-refractivity contribution in [3.63, 3.8) is 0 Å². The summed E-state index contributed by atoms with van der Waals surface area (Å²) in [4.78, 5) is 0. The van der Waals surface area contributed by atoms with Gasteiger partial charge in [-0.25, -0.2) is 9.07 Å². The molecule has 5 nitrogen and oxygen atoms in total. The Bertz CT molecular complexity index is 517. The largest absolute Gasteiger partial charge is 0.383 e. The molecule has 2 rings (SSSR count). The van der Waals surface area contributed by atoms with Crippen molar-refractivity contribution in [1.82, 2.24) is 9.78 Å². The van der Waals surface area contributed by atoms with Gasteiger partial charge in [-0.3, -0.25) is 0 Å². The fourth-order valence-electron chi connectivity index (χ4n) is 1.66. The van der Waals surface area contributed by atoms with Crippen LogP contribution in [0.2, 0.25) is 0 Å². The van der Waals surface area contributed by atoms with Crippen LogP contribution in [0.4, 0.5) is 16.0 Å². The molecule has 1 aromatic carbocycles. The standard InChI is InChI=1S/C11H14FN5/c12-7-1-3-8(4-2-7)17-11(15)9(5-6-13)10(14)16-17/h1-4H,5-6,13,15H2,(H2,14,16). The summed E-state index contributed by atoms with van der Waals surface area (Å²) in [7, 11) is 0. The monoisotopic (exact) mass is 235 g/mol. The van der Waals surface area contributed by atoms with Gasteiger partial charge in [0.1, 0.15) is 11.6 Å². The third-order valence-corrected chi connectivity index (χ3v) is 2.52. The molecule has 0 atom stereocenters. The van der Waals surface area contributed by atoms with E-state index in [4.69, 9.17) is 17.2 Å². The quantitative estimate of drug-likeness (QED) is 0.728. The highest BCUT2D eigenvalue weighted by molar-refractivity contribution is 5.58. The first kappa shape index (κ1) is 11.4. The van der Waals surface area contributed by atoms with Crippen molar-refractivity contribution in [3.8, 4) is 5.69 Å². The molecule has 6 N–H and O–H groups in total. The van der Waals surface area contributed by atoms with Crippen molar-refractivity contribution in [2.45, 2.75) is 6.42 Å². The van der Waals surface area contributed by atoms with E-state index in [2.05, 4.69) is 5.10 Å². The highest BCUT2D eigenvalue weighted by Gasteiger charge is 2.13. The Kier molecular flexibility index (Phi) is 2.97. The molecule has 6 heteroatoms. The Labute approximate surface area is 98.0 Å². The lowest BCUT2D eigenvalue weighted by atomic mass is 10.2. The second-order valence-corrected chi connectivity index (χ2v) is 3.68. The minimum atomic E-state index is -0.311. The highest BCUT2D eigenvalue weighted by atomic mass is 19.1. The second kappa shape index (κ2) is 4.42. The smallest absolute Gasteiger partial charge is 0.151 e. The number of nitrogens with two attached hydrogens (primary N) is 3. The molecule has 0 amide bonds. The summed E-state index contributed by atoms with van der Waals surface area (Å²) in [5, 5.41) is 4.12. The third kappa shape index (κ3) is 2.07. The van der Waals surface area contributed by atoms with Crippen molar-refractivity contribution >= 4 is 11.6 Å². The molecule has 2 aromatic rings. The van der Waals surface area contributed by atoms with Crippen LogP contribution in [0.3, 0.4) is 0 Å². The summed E-state index contributed by atoms with van der Waals surface area (Å²) in [6.07, 6.45) is 0.568. The number of benzene rings is 1. The fraction of sp³-hybridized carbons (Fsp3) is 0.182. The zero-order valence-corrected chi connectivity index (χ0v) is 9.23. The first-order valence-electron chi connectivity index (χ1n) is 5.22. The Morgan fingerprint density at radius 1 is 1.18 bits per heavy atom. The molecule has 1 aromatic heterocycles. The van der Waals surface area contributed by atoms with Gasteiger partial charge in [0.05, 0.1) is 5.69 Å². The van der Waals surface area contributed by atoms with E-state index >= 15 is 0 Å². The number of anilines is 2. The zero-order valence-electron chi connectivity index (χ0n) is 9.23. The second-order valence-electron chi connectivity index (χ2n) is 3.68.